The fourth-order valence-electron chi connectivity index (χ4n) is 1.08. The molecule has 5 heteroatoms. The van der Waals surface area contributed by atoms with E-state index in [-0.39, 0.29) is 0 Å². The molecule has 0 aliphatic carbocycles. The van der Waals surface area contributed by atoms with Gasteiger partial charge in [-0.2, -0.15) is 0 Å². The van der Waals surface area contributed by atoms with Crippen LogP contribution in [0.4, 0.5) is 11.6 Å². The van der Waals surface area contributed by atoms with Crippen molar-refractivity contribution in [3.63, 3.8) is 0 Å². The average Bonchev–Trinajstić information content (AvgIpc) is 2.32. The van der Waals surface area contributed by atoms with Gasteiger partial charge in [0, 0.05) is 12.4 Å². The van der Waals surface area contributed by atoms with Crippen LogP contribution in [0.3, 0.4) is 0 Å². The number of hydrogen-bond acceptors (Lipinski definition) is 4. The Morgan fingerprint density at radius 2 is 1.33 bits per heavy atom. The third kappa shape index (κ3) is 2.98. The molecule has 0 saturated carbocycles. The molecule has 0 unspecified atom stereocenters. The molecule has 0 aliphatic rings. The van der Waals surface area contributed by atoms with Gasteiger partial charge in [-0.15, -0.1) is 0 Å². The molecule has 0 spiro atoms. The molecular weight excluding hydrogens is 187 g/mol. The van der Waals surface area contributed by atoms with Crippen LogP contribution in [-0.4, -0.2) is 17.5 Å². The van der Waals surface area contributed by atoms with E-state index in [4.69, 9.17) is 0 Å². The van der Waals surface area contributed by atoms with Crippen molar-refractivity contribution in [2.75, 3.05) is 10.5 Å². The quantitative estimate of drug-likeness (QED) is 0.729. The second-order valence-corrected chi connectivity index (χ2v) is 2.86. The lowest BCUT2D eigenvalue weighted by Crippen LogP contribution is -2.17. The van der Waals surface area contributed by atoms with E-state index in [0.717, 1.165) is 11.6 Å². The van der Waals surface area contributed by atoms with Gasteiger partial charge in [0.2, 0.25) is 0 Å². The third-order valence-corrected chi connectivity index (χ3v) is 1.77. The fraction of sp³-hybridized carbons (Fsp3) is 0. The van der Waals surface area contributed by atoms with Gasteiger partial charge in [0.1, 0.15) is 11.6 Å². The van der Waals surface area contributed by atoms with Gasteiger partial charge in [-0.25, -0.2) is 9.97 Å². The maximum absolute atomic E-state index is 4.11. The summed E-state index contributed by atoms with van der Waals surface area (Å²) in [5.41, 5.74) is 0. The second kappa shape index (κ2) is 5.00. The van der Waals surface area contributed by atoms with Crippen molar-refractivity contribution >= 4 is 19.2 Å². The Balaban J connectivity index is 1.81. The van der Waals surface area contributed by atoms with Crippen LogP contribution in [0.2, 0.25) is 0 Å². The number of hydrogen-bond donors (Lipinski definition) is 2. The van der Waals surface area contributed by atoms with Crippen LogP contribution < -0.4 is 10.5 Å². The van der Waals surface area contributed by atoms with Gasteiger partial charge < -0.3 is 10.5 Å². The predicted molar refractivity (Wildman–Crippen MR) is 61.5 cm³/mol. The predicted octanol–water partition coefficient (Wildman–Crippen LogP) is 1.53. The van der Waals surface area contributed by atoms with Crippen molar-refractivity contribution in [1.29, 1.82) is 0 Å². The number of nitrogens with one attached hydrogen (secondary N) is 2. The van der Waals surface area contributed by atoms with Crippen molar-refractivity contribution in [3.05, 3.63) is 48.8 Å². The Hall–Kier alpha value is -2.04. The maximum Gasteiger partial charge on any atom is 0.388 e. The zero-order valence-corrected chi connectivity index (χ0v) is 8.09. The first-order valence-corrected chi connectivity index (χ1v) is 4.62. The minimum atomic E-state index is 0.793. The number of nitrogens with zero attached hydrogens (tertiary/aromatic N) is 2. The summed E-state index contributed by atoms with van der Waals surface area (Å²) >= 11 is 0. The zero-order valence-electron chi connectivity index (χ0n) is 8.09. The largest absolute Gasteiger partial charge is 0.397 e. The molecule has 2 aromatic rings. The Bertz CT molecular complexity index is 353. The molecule has 2 aromatic heterocycles. The number of aromatic nitrogens is 2. The molecular formula is C10H10BN4. The molecule has 0 aromatic carbocycles. The van der Waals surface area contributed by atoms with Crippen LogP contribution >= 0.6 is 0 Å². The van der Waals surface area contributed by atoms with Crippen molar-refractivity contribution in [3.8, 4) is 0 Å². The van der Waals surface area contributed by atoms with Crippen LogP contribution in [-0.2, 0) is 0 Å². The van der Waals surface area contributed by atoms with Gasteiger partial charge in [-0.05, 0) is 24.3 Å². The van der Waals surface area contributed by atoms with Gasteiger partial charge in [-0.1, -0.05) is 12.1 Å². The molecule has 0 bridgehead atoms. The molecule has 0 aliphatic heterocycles. The van der Waals surface area contributed by atoms with Crippen molar-refractivity contribution in [1.82, 2.24) is 9.97 Å². The monoisotopic (exact) mass is 197 g/mol. The van der Waals surface area contributed by atoms with Gasteiger partial charge in [-0.3, -0.25) is 0 Å². The molecule has 0 atom stereocenters. The third-order valence-electron chi connectivity index (χ3n) is 1.77. The summed E-state index contributed by atoms with van der Waals surface area (Å²) in [4.78, 5) is 8.21. The highest BCUT2D eigenvalue weighted by Crippen LogP contribution is 2.00. The molecule has 0 fully saturated rings. The Morgan fingerprint density at radius 3 is 1.73 bits per heavy atom. The molecule has 0 amide bonds. The molecule has 4 nitrogen and oxygen atoms in total. The molecule has 2 N–H and O–H groups in total. The van der Waals surface area contributed by atoms with Crippen LogP contribution in [0.1, 0.15) is 0 Å². The SMILES string of the molecule is [B](Nc1ccccn1)Nc1ccccn1. The second-order valence-electron chi connectivity index (χ2n) is 2.86. The van der Waals surface area contributed by atoms with E-state index in [1.54, 1.807) is 19.9 Å². The molecule has 15 heavy (non-hydrogen) atoms. The smallest absolute Gasteiger partial charge is 0.388 e. The number of rotatable bonds is 4. The standard InChI is InChI=1S/C10H10BN4/c1-3-7-12-9(5-1)14-11-15-10-6-2-4-8-13-10/h1-8H,(H,12,14)(H,13,15). The summed E-state index contributed by atoms with van der Waals surface area (Å²) < 4.78 is 0. The Morgan fingerprint density at radius 1 is 0.800 bits per heavy atom. The maximum atomic E-state index is 4.11. The van der Waals surface area contributed by atoms with Crippen LogP contribution in [0.25, 0.3) is 0 Å². The molecule has 1 radical (unpaired) electrons. The van der Waals surface area contributed by atoms with Gasteiger partial charge >= 0.3 is 7.55 Å². The van der Waals surface area contributed by atoms with Gasteiger partial charge in [0.25, 0.3) is 0 Å². The molecule has 2 heterocycles. The van der Waals surface area contributed by atoms with Crippen molar-refractivity contribution in [2.24, 2.45) is 0 Å². The summed E-state index contributed by atoms with van der Waals surface area (Å²) in [5, 5.41) is 6.01. The van der Waals surface area contributed by atoms with Crippen LogP contribution in [0, 0.1) is 0 Å². The van der Waals surface area contributed by atoms with E-state index in [2.05, 4.69) is 20.4 Å². The fourth-order valence-corrected chi connectivity index (χ4v) is 1.08. The average molecular weight is 197 g/mol. The minimum absolute atomic E-state index is 0.793. The number of pyridine rings is 2. The Kier molecular flexibility index (Phi) is 3.17. The number of anilines is 2. The van der Waals surface area contributed by atoms with E-state index in [9.17, 15) is 0 Å². The molecule has 2 rings (SSSR count). The summed E-state index contributed by atoms with van der Waals surface area (Å²) in [6.45, 7) is 0. The normalized spacial score (nSPS) is 9.33. The topological polar surface area (TPSA) is 49.8 Å². The van der Waals surface area contributed by atoms with E-state index < -0.39 is 0 Å². The highest BCUT2D eigenvalue weighted by Gasteiger charge is 1.95. The van der Waals surface area contributed by atoms with Gasteiger partial charge in [0.15, 0.2) is 0 Å². The highest BCUT2D eigenvalue weighted by atomic mass is 15.0. The lowest BCUT2D eigenvalue weighted by Gasteiger charge is -2.04. The summed E-state index contributed by atoms with van der Waals surface area (Å²) in [7, 11) is 1.70. The van der Waals surface area contributed by atoms with E-state index in [1.165, 1.54) is 0 Å². The highest BCUT2D eigenvalue weighted by molar-refractivity contribution is 6.44. The van der Waals surface area contributed by atoms with Gasteiger partial charge in [0.05, 0.1) is 0 Å². The summed E-state index contributed by atoms with van der Waals surface area (Å²) in [6.07, 6.45) is 3.47. The first kappa shape index (κ1) is 9.52. The van der Waals surface area contributed by atoms with Crippen molar-refractivity contribution < 1.29 is 0 Å². The lowest BCUT2D eigenvalue weighted by atomic mass is 10.1. The molecule has 73 valence electrons. The van der Waals surface area contributed by atoms with Crippen LogP contribution in [0.5, 0.6) is 0 Å². The summed E-state index contributed by atoms with van der Waals surface area (Å²) in [6, 6.07) is 11.4. The van der Waals surface area contributed by atoms with Crippen LogP contribution in [0.15, 0.2) is 48.8 Å². The first-order chi connectivity index (χ1) is 7.45. The van der Waals surface area contributed by atoms with E-state index in [1.807, 2.05) is 36.4 Å². The van der Waals surface area contributed by atoms with E-state index >= 15 is 0 Å². The summed E-state index contributed by atoms with van der Waals surface area (Å²) in [5.74, 6) is 1.59. The minimum Gasteiger partial charge on any atom is -0.397 e. The lowest BCUT2D eigenvalue weighted by molar-refractivity contribution is 1.32. The zero-order chi connectivity index (χ0) is 10.3. The molecule has 0 saturated heterocycles. The first-order valence-electron chi connectivity index (χ1n) is 4.62. The van der Waals surface area contributed by atoms with Crippen molar-refractivity contribution in [2.45, 2.75) is 0 Å². The van der Waals surface area contributed by atoms with E-state index in [0.29, 0.717) is 0 Å². The Labute approximate surface area is 89.1 Å².